The average molecular weight is 373 g/mol. The number of nitrogens with one attached hydrogen (secondary N) is 1. The van der Waals surface area contributed by atoms with Crippen molar-refractivity contribution < 1.29 is 9.59 Å². The molecule has 150 valence electrons. The van der Waals surface area contributed by atoms with E-state index in [0.29, 0.717) is 0 Å². The fourth-order valence-corrected chi connectivity index (χ4v) is 4.01. The van der Waals surface area contributed by atoms with E-state index < -0.39 is 0 Å². The highest BCUT2D eigenvalue weighted by atomic mass is 16.2. The first-order valence-corrected chi connectivity index (χ1v) is 10.5. The van der Waals surface area contributed by atoms with Crippen molar-refractivity contribution in [2.24, 2.45) is 0 Å². The summed E-state index contributed by atoms with van der Waals surface area (Å²) in [5.74, 6) is 0.433. The van der Waals surface area contributed by atoms with Crippen LogP contribution in [-0.2, 0) is 9.59 Å². The maximum atomic E-state index is 12.8. The van der Waals surface area contributed by atoms with Gasteiger partial charge in [-0.3, -0.25) is 9.59 Å². The van der Waals surface area contributed by atoms with Crippen LogP contribution < -0.4 is 10.2 Å². The SMILES string of the molecule is CC(=O)N(CC(=O)NC1CCCCCC1)c1c(C(C)C)cccc1C(C)C. The zero-order valence-corrected chi connectivity index (χ0v) is 17.7. The second kappa shape index (κ2) is 9.91. The Morgan fingerprint density at radius 3 is 1.96 bits per heavy atom. The van der Waals surface area contributed by atoms with Crippen molar-refractivity contribution in [2.45, 2.75) is 91.0 Å². The molecule has 0 aliphatic heterocycles. The molecule has 1 N–H and O–H groups in total. The number of amides is 2. The van der Waals surface area contributed by atoms with Crippen molar-refractivity contribution in [3.05, 3.63) is 29.3 Å². The van der Waals surface area contributed by atoms with Gasteiger partial charge >= 0.3 is 0 Å². The van der Waals surface area contributed by atoms with Crippen LogP contribution in [0.4, 0.5) is 5.69 Å². The summed E-state index contributed by atoms with van der Waals surface area (Å²) >= 11 is 0. The van der Waals surface area contributed by atoms with Crippen molar-refractivity contribution >= 4 is 17.5 Å². The van der Waals surface area contributed by atoms with Gasteiger partial charge in [-0.1, -0.05) is 71.6 Å². The normalized spacial score (nSPS) is 15.7. The molecule has 1 fully saturated rings. The topological polar surface area (TPSA) is 49.4 Å². The second-order valence-electron chi connectivity index (χ2n) is 8.46. The third-order valence-corrected chi connectivity index (χ3v) is 5.51. The lowest BCUT2D eigenvalue weighted by atomic mass is 9.91. The molecule has 1 aromatic carbocycles. The molecule has 0 atom stereocenters. The highest BCUT2D eigenvalue weighted by Gasteiger charge is 2.25. The zero-order valence-electron chi connectivity index (χ0n) is 17.7. The monoisotopic (exact) mass is 372 g/mol. The molecule has 2 amide bonds. The molecule has 4 heteroatoms. The molecular weight excluding hydrogens is 336 g/mol. The highest BCUT2D eigenvalue weighted by molar-refractivity contribution is 5.99. The molecule has 0 saturated heterocycles. The van der Waals surface area contributed by atoms with Gasteiger partial charge in [0.1, 0.15) is 6.54 Å². The van der Waals surface area contributed by atoms with Gasteiger partial charge in [0.15, 0.2) is 0 Å². The molecule has 0 radical (unpaired) electrons. The van der Waals surface area contributed by atoms with E-state index in [1.54, 1.807) is 11.8 Å². The number of hydrogen-bond acceptors (Lipinski definition) is 2. The quantitative estimate of drug-likeness (QED) is 0.704. The van der Waals surface area contributed by atoms with Crippen molar-refractivity contribution in [3.8, 4) is 0 Å². The number of hydrogen-bond donors (Lipinski definition) is 1. The lowest BCUT2D eigenvalue weighted by Gasteiger charge is -2.29. The van der Waals surface area contributed by atoms with Gasteiger partial charge in [0, 0.05) is 13.0 Å². The van der Waals surface area contributed by atoms with E-state index in [9.17, 15) is 9.59 Å². The lowest BCUT2D eigenvalue weighted by Crippen LogP contribution is -2.44. The van der Waals surface area contributed by atoms with E-state index in [2.05, 4.69) is 51.2 Å². The Hall–Kier alpha value is -1.84. The highest BCUT2D eigenvalue weighted by Crippen LogP contribution is 2.35. The summed E-state index contributed by atoms with van der Waals surface area (Å²) in [5, 5.41) is 3.18. The molecule has 27 heavy (non-hydrogen) atoms. The van der Waals surface area contributed by atoms with E-state index in [1.807, 2.05) is 0 Å². The van der Waals surface area contributed by atoms with E-state index >= 15 is 0 Å². The number of benzene rings is 1. The lowest BCUT2D eigenvalue weighted by molar-refractivity contribution is -0.123. The summed E-state index contributed by atoms with van der Waals surface area (Å²) in [6.45, 7) is 10.2. The van der Waals surface area contributed by atoms with Crippen molar-refractivity contribution in [1.82, 2.24) is 5.32 Å². The number of carbonyl (C=O) groups excluding carboxylic acids is 2. The number of anilines is 1. The maximum absolute atomic E-state index is 12.8. The van der Waals surface area contributed by atoms with Crippen LogP contribution in [0.2, 0.25) is 0 Å². The first-order valence-electron chi connectivity index (χ1n) is 10.5. The van der Waals surface area contributed by atoms with Crippen molar-refractivity contribution in [1.29, 1.82) is 0 Å². The van der Waals surface area contributed by atoms with E-state index in [0.717, 1.165) is 29.7 Å². The van der Waals surface area contributed by atoms with E-state index in [4.69, 9.17) is 0 Å². The molecule has 0 heterocycles. The fourth-order valence-electron chi connectivity index (χ4n) is 4.01. The Balaban J connectivity index is 2.26. The van der Waals surface area contributed by atoms with Crippen LogP contribution in [0, 0.1) is 0 Å². The van der Waals surface area contributed by atoms with Crippen LogP contribution in [0.25, 0.3) is 0 Å². The molecule has 0 spiro atoms. The summed E-state index contributed by atoms with van der Waals surface area (Å²) < 4.78 is 0. The molecule has 0 unspecified atom stereocenters. The van der Waals surface area contributed by atoms with Gasteiger partial charge in [-0.15, -0.1) is 0 Å². The summed E-state index contributed by atoms with van der Waals surface area (Å²) in [5.41, 5.74) is 3.17. The Bertz CT molecular complexity index is 618. The Labute approximate surface area is 164 Å². The summed E-state index contributed by atoms with van der Waals surface area (Å²) in [4.78, 5) is 27.0. The van der Waals surface area contributed by atoms with Gasteiger partial charge in [-0.2, -0.15) is 0 Å². The predicted molar refractivity (Wildman–Crippen MR) is 112 cm³/mol. The average Bonchev–Trinajstić information content (AvgIpc) is 2.87. The molecule has 1 saturated carbocycles. The van der Waals surface area contributed by atoms with Gasteiger partial charge < -0.3 is 10.2 Å². The van der Waals surface area contributed by atoms with Gasteiger partial charge in [0.05, 0.1) is 5.69 Å². The van der Waals surface area contributed by atoms with Gasteiger partial charge in [0.2, 0.25) is 11.8 Å². The smallest absolute Gasteiger partial charge is 0.240 e. The minimum absolute atomic E-state index is 0.0506. The number of nitrogens with zero attached hydrogens (tertiary/aromatic N) is 1. The minimum atomic E-state index is -0.0824. The van der Waals surface area contributed by atoms with Gasteiger partial charge in [0.25, 0.3) is 0 Å². The molecule has 1 aliphatic carbocycles. The second-order valence-corrected chi connectivity index (χ2v) is 8.46. The maximum Gasteiger partial charge on any atom is 0.240 e. The van der Waals surface area contributed by atoms with Crippen LogP contribution in [-0.4, -0.2) is 24.4 Å². The molecule has 4 nitrogen and oxygen atoms in total. The summed E-state index contributed by atoms with van der Waals surface area (Å²) in [6.07, 6.45) is 6.96. The summed E-state index contributed by atoms with van der Waals surface area (Å²) in [6, 6.07) is 6.45. The molecule has 1 aromatic rings. The Morgan fingerprint density at radius 2 is 1.52 bits per heavy atom. The first-order chi connectivity index (χ1) is 12.8. The summed E-state index contributed by atoms with van der Waals surface area (Å²) in [7, 11) is 0. The van der Waals surface area contributed by atoms with Gasteiger partial charge in [-0.25, -0.2) is 0 Å². The predicted octanol–water partition coefficient (Wildman–Crippen LogP) is 5.13. The zero-order chi connectivity index (χ0) is 20.0. The number of rotatable bonds is 6. The van der Waals surface area contributed by atoms with E-state index in [1.165, 1.54) is 25.7 Å². The Kier molecular flexibility index (Phi) is 7.88. The first kappa shape index (κ1) is 21.5. The van der Waals surface area contributed by atoms with Gasteiger partial charge in [-0.05, 0) is 35.8 Å². The minimum Gasteiger partial charge on any atom is -0.352 e. The van der Waals surface area contributed by atoms with E-state index in [-0.39, 0.29) is 36.2 Å². The Morgan fingerprint density at radius 1 is 1.00 bits per heavy atom. The molecule has 1 aliphatic rings. The number of carbonyl (C=O) groups is 2. The molecule has 0 aromatic heterocycles. The standard InChI is InChI=1S/C23H36N2O2/c1-16(2)20-13-10-14-21(17(3)4)23(20)25(18(5)26)15-22(27)24-19-11-8-6-7-9-12-19/h10,13-14,16-17,19H,6-9,11-12,15H2,1-5H3,(H,24,27). The molecular formula is C23H36N2O2. The van der Waals surface area contributed by atoms with Crippen LogP contribution in [0.1, 0.15) is 96.1 Å². The van der Waals surface area contributed by atoms with Crippen LogP contribution in [0.5, 0.6) is 0 Å². The largest absolute Gasteiger partial charge is 0.352 e. The van der Waals surface area contributed by atoms with Crippen LogP contribution in [0.3, 0.4) is 0 Å². The number of para-hydroxylation sites is 1. The third kappa shape index (κ3) is 5.82. The van der Waals surface area contributed by atoms with Crippen LogP contribution in [0.15, 0.2) is 18.2 Å². The fraction of sp³-hybridized carbons (Fsp3) is 0.652. The van der Waals surface area contributed by atoms with Crippen molar-refractivity contribution in [2.75, 3.05) is 11.4 Å². The molecule has 0 bridgehead atoms. The van der Waals surface area contributed by atoms with Crippen molar-refractivity contribution in [3.63, 3.8) is 0 Å². The molecule has 2 rings (SSSR count). The third-order valence-electron chi connectivity index (χ3n) is 5.51. The van der Waals surface area contributed by atoms with Crippen LogP contribution >= 0.6 is 0 Å².